The summed E-state index contributed by atoms with van der Waals surface area (Å²) < 4.78 is 7.09. The van der Waals surface area contributed by atoms with Gasteiger partial charge in [-0.3, -0.25) is 4.79 Å². The number of esters is 1. The number of thiophene rings is 1. The van der Waals surface area contributed by atoms with Crippen molar-refractivity contribution in [3.63, 3.8) is 0 Å². The highest BCUT2D eigenvalue weighted by Gasteiger charge is 2.28. The zero-order valence-corrected chi connectivity index (χ0v) is 16.4. The van der Waals surface area contributed by atoms with Crippen LogP contribution in [0.3, 0.4) is 0 Å². The first-order valence-electron chi connectivity index (χ1n) is 9.32. The first kappa shape index (κ1) is 18.4. The van der Waals surface area contributed by atoms with Gasteiger partial charge in [0.25, 0.3) is 5.91 Å². The van der Waals surface area contributed by atoms with Crippen LogP contribution in [-0.4, -0.2) is 45.8 Å². The van der Waals surface area contributed by atoms with Gasteiger partial charge in [-0.05, 0) is 43.3 Å². The van der Waals surface area contributed by atoms with Gasteiger partial charge in [0.15, 0.2) is 11.8 Å². The van der Waals surface area contributed by atoms with Gasteiger partial charge >= 0.3 is 5.97 Å². The van der Waals surface area contributed by atoms with Gasteiger partial charge in [0.05, 0.1) is 10.6 Å². The van der Waals surface area contributed by atoms with Crippen LogP contribution in [0, 0.1) is 0 Å². The minimum absolute atomic E-state index is 0.143. The summed E-state index contributed by atoms with van der Waals surface area (Å²) in [7, 11) is 0. The van der Waals surface area contributed by atoms with Crippen LogP contribution in [0.1, 0.15) is 30.3 Å². The predicted octanol–water partition coefficient (Wildman–Crippen LogP) is 3.77. The van der Waals surface area contributed by atoms with Crippen molar-refractivity contribution in [2.24, 2.45) is 0 Å². The van der Waals surface area contributed by atoms with Gasteiger partial charge in [-0.15, -0.1) is 11.3 Å². The van der Waals surface area contributed by atoms with E-state index in [4.69, 9.17) is 4.74 Å². The lowest BCUT2D eigenvalue weighted by Crippen LogP contribution is -2.38. The van der Waals surface area contributed by atoms with Gasteiger partial charge in [-0.1, -0.05) is 24.3 Å². The molecule has 1 saturated heterocycles. The van der Waals surface area contributed by atoms with Crippen LogP contribution in [0.15, 0.2) is 53.9 Å². The third kappa shape index (κ3) is 3.71. The smallest absolute Gasteiger partial charge is 0.357 e. The summed E-state index contributed by atoms with van der Waals surface area (Å²) in [6, 6.07) is 15.0. The maximum atomic E-state index is 12.9. The zero-order valence-electron chi connectivity index (χ0n) is 15.6. The Morgan fingerprint density at radius 3 is 2.54 bits per heavy atom. The summed E-state index contributed by atoms with van der Waals surface area (Å²) in [4.78, 5) is 28.1. The summed E-state index contributed by atoms with van der Waals surface area (Å²) >= 11 is 1.55. The monoisotopic (exact) mass is 395 g/mol. The lowest BCUT2D eigenvalue weighted by Gasteiger charge is -2.20. The van der Waals surface area contributed by atoms with E-state index in [0.717, 1.165) is 36.5 Å². The molecule has 6 nitrogen and oxygen atoms in total. The second kappa shape index (κ2) is 7.98. The minimum atomic E-state index is -0.824. The molecule has 0 bridgehead atoms. The first-order chi connectivity index (χ1) is 13.6. The minimum Gasteiger partial charge on any atom is -0.448 e. The average Bonchev–Trinajstić information content (AvgIpc) is 3.49. The fourth-order valence-corrected chi connectivity index (χ4v) is 3.98. The lowest BCUT2D eigenvalue weighted by atomic mass is 10.3. The fourth-order valence-electron chi connectivity index (χ4n) is 3.30. The second-order valence-electron chi connectivity index (χ2n) is 6.72. The van der Waals surface area contributed by atoms with Crippen molar-refractivity contribution in [2.75, 3.05) is 13.1 Å². The maximum Gasteiger partial charge on any atom is 0.357 e. The molecule has 28 heavy (non-hydrogen) atoms. The van der Waals surface area contributed by atoms with E-state index in [9.17, 15) is 9.59 Å². The fraction of sp³-hybridized carbons (Fsp3) is 0.286. The molecule has 144 valence electrons. The Balaban J connectivity index is 1.62. The molecule has 3 aromatic rings. The molecule has 0 N–H and O–H groups in total. The average molecular weight is 395 g/mol. The molecule has 1 aromatic carbocycles. The van der Waals surface area contributed by atoms with Crippen molar-refractivity contribution in [3.8, 4) is 16.3 Å². The van der Waals surface area contributed by atoms with Crippen LogP contribution in [0.25, 0.3) is 16.3 Å². The molecule has 2 aromatic heterocycles. The molecule has 1 aliphatic heterocycles. The van der Waals surface area contributed by atoms with Crippen molar-refractivity contribution < 1.29 is 14.3 Å². The molecule has 1 amide bonds. The first-order valence-corrected chi connectivity index (χ1v) is 10.2. The van der Waals surface area contributed by atoms with Crippen LogP contribution in [0.4, 0.5) is 0 Å². The Hall–Kier alpha value is -2.93. The number of hydrogen-bond donors (Lipinski definition) is 0. The van der Waals surface area contributed by atoms with Gasteiger partial charge < -0.3 is 9.64 Å². The van der Waals surface area contributed by atoms with E-state index in [1.54, 1.807) is 33.9 Å². The number of para-hydroxylation sites is 1. The third-order valence-electron chi connectivity index (χ3n) is 4.74. The van der Waals surface area contributed by atoms with Crippen molar-refractivity contribution in [1.82, 2.24) is 14.7 Å². The molecule has 0 spiro atoms. The molecule has 1 atom stereocenters. The van der Waals surface area contributed by atoms with Crippen LogP contribution in [0.5, 0.6) is 0 Å². The van der Waals surface area contributed by atoms with E-state index >= 15 is 0 Å². The Morgan fingerprint density at radius 2 is 1.86 bits per heavy atom. The summed E-state index contributed by atoms with van der Waals surface area (Å²) in [5.41, 5.74) is 1.76. The van der Waals surface area contributed by atoms with Crippen molar-refractivity contribution in [1.29, 1.82) is 0 Å². The lowest BCUT2D eigenvalue weighted by molar-refractivity contribution is -0.138. The molecule has 7 heteroatoms. The highest BCUT2D eigenvalue weighted by Crippen LogP contribution is 2.26. The topological polar surface area (TPSA) is 64.4 Å². The number of carbonyl (C=O) groups is 2. The molecule has 4 rings (SSSR count). The SMILES string of the molecule is CC(OC(=O)c1cc(-c2cccs2)nn1-c1ccccc1)C(=O)N1CCCC1. The van der Waals surface area contributed by atoms with Gasteiger partial charge in [0, 0.05) is 19.2 Å². The third-order valence-corrected chi connectivity index (χ3v) is 5.63. The van der Waals surface area contributed by atoms with Gasteiger partial charge in [-0.2, -0.15) is 5.10 Å². The number of benzene rings is 1. The number of carbonyl (C=O) groups excluding carboxylic acids is 2. The van der Waals surface area contributed by atoms with E-state index < -0.39 is 12.1 Å². The number of nitrogens with zero attached hydrogens (tertiary/aromatic N) is 3. The number of ether oxygens (including phenoxy) is 1. The molecular formula is C21H21N3O3S. The van der Waals surface area contributed by atoms with Crippen molar-refractivity contribution >= 4 is 23.2 Å². The predicted molar refractivity (Wildman–Crippen MR) is 108 cm³/mol. The second-order valence-corrected chi connectivity index (χ2v) is 7.67. The highest BCUT2D eigenvalue weighted by molar-refractivity contribution is 7.13. The van der Waals surface area contributed by atoms with E-state index in [-0.39, 0.29) is 5.91 Å². The number of hydrogen-bond acceptors (Lipinski definition) is 5. The number of aromatic nitrogens is 2. The number of rotatable bonds is 5. The Bertz CT molecular complexity index is 960. The van der Waals surface area contributed by atoms with Crippen LogP contribution >= 0.6 is 11.3 Å². The van der Waals surface area contributed by atoms with Crippen molar-refractivity contribution in [2.45, 2.75) is 25.9 Å². The van der Waals surface area contributed by atoms with E-state index in [1.165, 1.54) is 0 Å². The summed E-state index contributed by atoms with van der Waals surface area (Å²) in [6.07, 6.45) is 1.17. The van der Waals surface area contributed by atoms with Crippen LogP contribution in [0.2, 0.25) is 0 Å². The Kier molecular flexibility index (Phi) is 5.25. The Labute approximate surface area is 167 Å². The molecule has 0 aliphatic carbocycles. The number of amides is 1. The van der Waals surface area contributed by atoms with Gasteiger partial charge in [0.2, 0.25) is 0 Å². The zero-order chi connectivity index (χ0) is 19.5. The van der Waals surface area contributed by atoms with Crippen LogP contribution < -0.4 is 0 Å². The molecule has 1 aliphatic rings. The standard InChI is InChI=1S/C21H21N3O3S/c1-15(20(25)23-11-5-6-12-23)27-21(26)18-14-17(19-10-7-13-28-19)22-24(18)16-8-3-2-4-9-16/h2-4,7-10,13-15H,5-6,11-12H2,1H3. The highest BCUT2D eigenvalue weighted by atomic mass is 32.1. The molecule has 0 radical (unpaired) electrons. The summed E-state index contributed by atoms with van der Waals surface area (Å²) in [6.45, 7) is 3.08. The van der Waals surface area contributed by atoms with Gasteiger partial charge in [-0.25, -0.2) is 9.48 Å². The van der Waals surface area contributed by atoms with Crippen molar-refractivity contribution in [3.05, 3.63) is 59.6 Å². The molecular weight excluding hydrogens is 374 g/mol. The summed E-state index contributed by atoms with van der Waals surface area (Å²) in [5, 5.41) is 6.57. The van der Waals surface area contributed by atoms with E-state index in [0.29, 0.717) is 11.4 Å². The largest absolute Gasteiger partial charge is 0.448 e. The quantitative estimate of drug-likeness (QED) is 0.617. The normalized spacial score (nSPS) is 14.8. The molecule has 3 heterocycles. The van der Waals surface area contributed by atoms with Gasteiger partial charge in [0.1, 0.15) is 5.69 Å². The maximum absolute atomic E-state index is 12.9. The molecule has 1 fully saturated rings. The molecule has 1 unspecified atom stereocenters. The summed E-state index contributed by atoms with van der Waals surface area (Å²) in [5.74, 6) is -0.700. The Morgan fingerprint density at radius 1 is 1.11 bits per heavy atom. The molecule has 0 saturated carbocycles. The van der Waals surface area contributed by atoms with E-state index in [1.807, 2.05) is 47.8 Å². The van der Waals surface area contributed by atoms with Crippen LogP contribution in [-0.2, 0) is 9.53 Å². The van der Waals surface area contributed by atoms with E-state index in [2.05, 4.69) is 5.10 Å². The number of likely N-dealkylation sites (tertiary alicyclic amines) is 1.